The second kappa shape index (κ2) is 75.0. The van der Waals surface area contributed by atoms with Crippen LogP contribution in [0.3, 0.4) is 0 Å². The van der Waals surface area contributed by atoms with Gasteiger partial charge in [-0.05, 0) is 128 Å². The highest BCUT2D eigenvalue weighted by Gasteiger charge is 2.30. The third kappa shape index (κ3) is 74.0. The highest BCUT2D eigenvalue weighted by Crippen LogP contribution is 2.45. The predicted octanol–water partition coefficient (Wildman–Crippen LogP) is 23.3. The molecule has 17 nitrogen and oxygen atoms in total. The lowest BCUT2D eigenvalue weighted by Gasteiger charge is -2.21. The minimum absolute atomic E-state index is 0.0783. The van der Waals surface area contributed by atoms with Gasteiger partial charge in [-0.15, -0.1) is 0 Å². The summed E-state index contributed by atoms with van der Waals surface area (Å²) in [5, 5.41) is 10.6. The lowest BCUT2D eigenvalue weighted by atomic mass is 10.0. The maximum absolute atomic E-state index is 13.1. The van der Waals surface area contributed by atoms with E-state index in [0.717, 1.165) is 154 Å². The van der Waals surface area contributed by atoms with Gasteiger partial charge in [0.25, 0.3) is 0 Å². The Bertz CT molecular complexity index is 2360. The molecule has 0 radical (unpaired) electrons. The summed E-state index contributed by atoms with van der Waals surface area (Å²) in [6.45, 7) is 4.60. The number of rotatable bonds is 75. The lowest BCUT2D eigenvalue weighted by molar-refractivity contribution is -0.161. The van der Waals surface area contributed by atoms with Crippen LogP contribution in [0.4, 0.5) is 0 Å². The molecule has 102 heavy (non-hydrogen) atoms. The maximum atomic E-state index is 13.1. The number of hydrogen-bond acceptors (Lipinski definition) is 15. The number of hydrogen-bond donors (Lipinski definition) is 3. The van der Waals surface area contributed by atoms with Crippen LogP contribution < -0.4 is 0 Å². The first-order valence-corrected chi connectivity index (χ1v) is 43.1. The fourth-order valence-corrected chi connectivity index (χ4v) is 12.2. The average molecular weight is 1480 g/mol. The molecule has 0 bridgehead atoms. The molecule has 0 aliphatic heterocycles. The van der Waals surface area contributed by atoms with Crippen LogP contribution in [0.25, 0.3) is 0 Å². The highest BCUT2D eigenvalue weighted by atomic mass is 31.2. The molecule has 0 aliphatic rings. The van der Waals surface area contributed by atoms with E-state index in [0.29, 0.717) is 25.7 Å². The number of allylic oxidation sites excluding steroid dienone is 18. The summed E-state index contributed by atoms with van der Waals surface area (Å²) >= 11 is 0. The fourth-order valence-electron chi connectivity index (χ4n) is 10.7. The molecule has 0 heterocycles. The number of esters is 4. The Balaban J connectivity index is 5.40. The van der Waals surface area contributed by atoms with Crippen LogP contribution in [0, 0.1) is 0 Å². The van der Waals surface area contributed by atoms with Gasteiger partial charge in [-0.3, -0.25) is 37.3 Å². The molecular weight excluding hydrogens is 1330 g/mol. The number of unbranched alkanes of at least 4 members (excludes halogenated alkanes) is 31. The van der Waals surface area contributed by atoms with E-state index in [1.54, 1.807) is 0 Å². The SMILES string of the molecule is CC/C=C\C/C=C\C/C=C\C/C=C\CCCCCCC(=O)OCC(COP(=O)(O)OCC(O)COP(=O)(O)OCC(COC(=O)CCCC/C=C\C/C=C\C/C=C\C/C=C\CC)OC(=O)CCCCCCCCCCCCCCCCC)OC(=O)CCCCCCC/C=C\CCCCCCCC. The molecule has 0 aromatic carbocycles. The monoisotopic (exact) mass is 1470 g/mol. The molecule has 3 N–H and O–H groups in total. The zero-order valence-corrected chi connectivity index (χ0v) is 66.0. The Morgan fingerprint density at radius 3 is 0.814 bits per heavy atom. The Morgan fingerprint density at radius 2 is 0.510 bits per heavy atom. The summed E-state index contributed by atoms with van der Waals surface area (Å²) in [5.74, 6) is -2.24. The first kappa shape index (κ1) is 97.7. The van der Waals surface area contributed by atoms with Crippen LogP contribution in [0.15, 0.2) is 109 Å². The molecule has 0 amide bonds. The van der Waals surface area contributed by atoms with E-state index in [1.165, 1.54) is 103 Å². The molecule has 0 aliphatic carbocycles. The molecule has 0 aromatic rings. The second-order valence-electron chi connectivity index (χ2n) is 26.6. The van der Waals surface area contributed by atoms with Crippen LogP contribution >= 0.6 is 15.6 Å². The third-order valence-electron chi connectivity index (χ3n) is 16.7. The molecule has 19 heteroatoms. The molecule has 0 spiro atoms. The number of phosphoric acid groups is 2. The Hall–Kier alpha value is -4.28. The smallest absolute Gasteiger partial charge is 0.462 e. The zero-order chi connectivity index (χ0) is 74.6. The summed E-state index contributed by atoms with van der Waals surface area (Å²) < 4.78 is 68.6. The topological polar surface area (TPSA) is 237 Å². The van der Waals surface area contributed by atoms with Gasteiger partial charge in [0, 0.05) is 25.7 Å². The van der Waals surface area contributed by atoms with E-state index in [-0.39, 0.29) is 25.7 Å². The Morgan fingerprint density at radius 1 is 0.284 bits per heavy atom. The van der Waals surface area contributed by atoms with Gasteiger partial charge < -0.3 is 33.8 Å². The molecule has 588 valence electrons. The van der Waals surface area contributed by atoms with Gasteiger partial charge in [0.05, 0.1) is 26.4 Å². The van der Waals surface area contributed by atoms with Gasteiger partial charge >= 0.3 is 39.5 Å². The number of aliphatic hydroxyl groups excluding tert-OH is 1. The van der Waals surface area contributed by atoms with Crippen molar-refractivity contribution in [2.75, 3.05) is 39.6 Å². The average Bonchev–Trinajstić information content (AvgIpc) is 0.923. The number of carbonyl (C=O) groups is 4. The minimum Gasteiger partial charge on any atom is -0.462 e. The van der Waals surface area contributed by atoms with Gasteiger partial charge in [0.15, 0.2) is 12.2 Å². The summed E-state index contributed by atoms with van der Waals surface area (Å²) in [6, 6.07) is 0. The van der Waals surface area contributed by atoms with Crippen LogP contribution in [-0.2, 0) is 65.4 Å². The van der Waals surface area contributed by atoms with Crippen molar-refractivity contribution in [2.24, 2.45) is 0 Å². The van der Waals surface area contributed by atoms with Gasteiger partial charge in [0.2, 0.25) is 0 Å². The van der Waals surface area contributed by atoms with Crippen LogP contribution in [0.5, 0.6) is 0 Å². The minimum atomic E-state index is -4.99. The first-order chi connectivity index (χ1) is 49.7. The van der Waals surface area contributed by atoms with Gasteiger partial charge in [-0.25, -0.2) is 9.13 Å². The molecule has 0 saturated heterocycles. The molecule has 0 saturated carbocycles. The maximum Gasteiger partial charge on any atom is 0.472 e. The van der Waals surface area contributed by atoms with E-state index in [1.807, 2.05) is 0 Å². The molecule has 0 fully saturated rings. The van der Waals surface area contributed by atoms with E-state index in [9.17, 15) is 43.2 Å². The van der Waals surface area contributed by atoms with Gasteiger partial charge in [-0.2, -0.15) is 0 Å². The molecule has 0 aromatic heterocycles. The number of aliphatic hydroxyl groups is 1. The molecule has 5 unspecified atom stereocenters. The summed E-state index contributed by atoms with van der Waals surface area (Å²) in [4.78, 5) is 73.0. The number of ether oxygens (including phenoxy) is 4. The zero-order valence-electron chi connectivity index (χ0n) is 64.3. The number of carbonyl (C=O) groups excluding carboxylic acids is 4. The van der Waals surface area contributed by atoms with E-state index in [4.69, 9.17) is 37.0 Å². The standard InChI is InChI=1S/C83H144O17P2/c1-5-9-13-17-21-25-29-33-37-38-42-44-48-52-56-60-64-68-81(86)94-74-79(100-83(88)70-66-62-58-54-50-46-41-36-32-28-24-20-16-12-8-4)76-98-102(91,92)96-72-77(84)71-95-101(89,90)97-75-78(99-82(87)69-65-61-57-53-49-45-40-35-31-27-23-19-15-11-7-3)73-93-80(85)67-63-59-55-51-47-43-39-34-30-26-22-18-14-10-6-2/h9-10,13-14,21-22,25-26,33-34,36-37,39,41-42,44,47,51,77-79,84H,5-8,11-12,15-20,23-24,27-32,35,38,40,43,45-46,48-50,52-76H2,1-4H3,(H,89,90)(H,91,92)/b13-9-,14-10-,25-21-,26-22-,37-33-,39-34-,41-36-,44-42-,51-47-. The van der Waals surface area contributed by atoms with E-state index in [2.05, 4.69) is 137 Å². The lowest BCUT2D eigenvalue weighted by Crippen LogP contribution is -2.30. The summed E-state index contributed by atoms with van der Waals surface area (Å²) in [7, 11) is -9.97. The third-order valence-corrected chi connectivity index (χ3v) is 18.6. The molecule has 5 atom stereocenters. The van der Waals surface area contributed by atoms with Crippen molar-refractivity contribution in [3.05, 3.63) is 109 Å². The highest BCUT2D eigenvalue weighted by molar-refractivity contribution is 7.47. The summed E-state index contributed by atoms with van der Waals surface area (Å²) in [5.41, 5.74) is 0. The Labute approximate surface area is 619 Å². The van der Waals surface area contributed by atoms with Crippen LogP contribution in [-0.4, -0.2) is 96.7 Å². The van der Waals surface area contributed by atoms with Crippen molar-refractivity contribution < 1.29 is 80.2 Å². The molecule has 0 rings (SSSR count). The largest absolute Gasteiger partial charge is 0.472 e. The van der Waals surface area contributed by atoms with Crippen LogP contribution in [0.1, 0.15) is 336 Å². The second-order valence-corrected chi connectivity index (χ2v) is 29.5. The quantitative estimate of drug-likeness (QED) is 0.0169. The van der Waals surface area contributed by atoms with Crippen molar-refractivity contribution in [1.82, 2.24) is 0 Å². The van der Waals surface area contributed by atoms with Crippen molar-refractivity contribution in [2.45, 2.75) is 354 Å². The van der Waals surface area contributed by atoms with Crippen LogP contribution in [0.2, 0.25) is 0 Å². The predicted molar refractivity (Wildman–Crippen MR) is 418 cm³/mol. The molecular formula is C83H144O17P2. The van der Waals surface area contributed by atoms with Gasteiger partial charge in [0.1, 0.15) is 19.3 Å². The first-order valence-electron chi connectivity index (χ1n) is 40.1. The van der Waals surface area contributed by atoms with E-state index < -0.39 is 97.5 Å². The van der Waals surface area contributed by atoms with Crippen molar-refractivity contribution in [3.63, 3.8) is 0 Å². The fraction of sp³-hybridized carbons (Fsp3) is 0.735. The Kier molecular flexibility index (Phi) is 71.8. The van der Waals surface area contributed by atoms with Crippen molar-refractivity contribution >= 4 is 39.5 Å². The van der Waals surface area contributed by atoms with E-state index >= 15 is 0 Å². The number of phosphoric ester groups is 2. The van der Waals surface area contributed by atoms with Gasteiger partial charge in [-0.1, -0.05) is 291 Å². The summed E-state index contributed by atoms with van der Waals surface area (Å²) in [6.07, 6.45) is 80.7. The van der Waals surface area contributed by atoms with Crippen molar-refractivity contribution in [3.8, 4) is 0 Å². The van der Waals surface area contributed by atoms with Crippen molar-refractivity contribution in [1.29, 1.82) is 0 Å². The normalized spacial score (nSPS) is 14.5.